The quantitative estimate of drug-likeness (QED) is 0.580. The van der Waals surface area contributed by atoms with Gasteiger partial charge in [0.15, 0.2) is 22.5 Å². The van der Waals surface area contributed by atoms with Crippen LogP contribution in [0, 0.1) is 5.82 Å². The summed E-state index contributed by atoms with van der Waals surface area (Å²) in [5.41, 5.74) is 2.24. The summed E-state index contributed by atoms with van der Waals surface area (Å²) in [6, 6.07) is 13.7. The van der Waals surface area contributed by atoms with Gasteiger partial charge in [0.25, 0.3) is 0 Å². The first-order valence-electron chi connectivity index (χ1n) is 9.80. The van der Waals surface area contributed by atoms with Gasteiger partial charge in [-0.05, 0) is 54.7 Å². The summed E-state index contributed by atoms with van der Waals surface area (Å²) < 4.78 is 24.2. The van der Waals surface area contributed by atoms with Gasteiger partial charge in [-0.2, -0.15) is 0 Å². The third-order valence-corrected chi connectivity index (χ3v) is 4.95. The van der Waals surface area contributed by atoms with Gasteiger partial charge in [0.05, 0.1) is 26.5 Å². The lowest BCUT2D eigenvalue weighted by Gasteiger charge is -2.28. The minimum atomic E-state index is -0.326. The Morgan fingerprint density at radius 2 is 1.84 bits per heavy atom. The van der Waals surface area contributed by atoms with Crippen LogP contribution >= 0.6 is 12.2 Å². The van der Waals surface area contributed by atoms with Crippen molar-refractivity contribution in [2.45, 2.75) is 0 Å². The predicted molar refractivity (Wildman–Crippen MR) is 123 cm³/mol. The van der Waals surface area contributed by atoms with Crippen molar-refractivity contribution in [1.82, 2.24) is 9.97 Å². The fourth-order valence-corrected chi connectivity index (χ4v) is 3.44. The zero-order valence-corrected chi connectivity index (χ0v) is 17.8. The number of ether oxygens (including phenoxy) is 2. The second-order valence-electron chi connectivity index (χ2n) is 6.85. The van der Waals surface area contributed by atoms with Crippen molar-refractivity contribution in [3.63, 3.8) is 0 Å². The number of nitrogens with one attached hydrogen (secondary N) is 2. The van der Waals surface area contributed by atoms with Gasteiger partial charge >= 0.3 is 0 Å². The molecular formula is C22H22FN5O2S. The average molecular weight is 440 g/mol. The second-order valence-corrected chi connectivity index (χ2v) is 7.26. The van der Waals surface area contributed by atoms with Crippen molar-refractivity contribution < 1.29 is 13.9 Å². The maximum atomic E-state index is 13.3. The van der Waals surface area contributed by atoms with E-state index in [1.54, 1.807) is 25.4 Å². The summed E-state index contributed by atoms with van der Waals surface area (Å²) in [5.74, 6) is 1.68. The highest BCUT2D eigenvalue weighted by Gasteiger charge is 2.18. The number of hydrogen-bond donors (Lipinski definition) is 2. The Labute approximate surface area is 185 Å². The van der Waals surface area contributed by atoms with E-state index in [1.165, 1.54) is 12.1 Å². The molecule has 1 aliphatic rings. The molecule has 7 nitrogen and oxygen atoms in total. The van der Waals surface area contributed by atoms with Crippen molar-refractivity contribution in [2.75, 3.05) is 48.9 Å². The zero-order chi connectivity index (χ0) is 21.6. The third kappa shape index (κ3) is 5.25. The van der Waals surface area contributed by atoms with E-state index in [4.69, 9.17) is 26.7 Å². The molecule has 1 saturated heterocycles. The molecule has 160 valence electrons. The maximum Gasteiger partial charge on any atom is 0.179 e. The van der Waals surface area contributed by atoms with Crippen molar-refractivity contribution in [1.29, 1.82) is 0 Å². The summed E-state index contributed by atoms with van der Waals surface area (Å²) in [7, 11) is 1.61. The lowest BCUT2D eigenvalue weighted by molar-refractivity contribution is 0.122. The second kappa shape index (κ2) is 9.67. The summed E-state index contributed by atoms with van der Waals surface area (Å²) in [6.45, 7) is 2.83. The van der Waals surface area contributed by atoms with Gasteiger partial charge in [-0.25, -0.2) is 14.4 Å². The number of halogens is 1. The fourth-order valence-electron chi connectivity index (χ4n) is 3.21. The maximum absolute atomic E-state index is 13.3. The fraction of sp³-hybridized carbons (Fsp3) is 0.227. The molecule has 4 rings (SSSR count). The molecule has 0 bridgehead atoms. The smallest absolute Gasteiger partial charge is 0.179 e. The SMILES string of the molecule is COc1cnc(-c2ccc(NC(=S)Nc3cccc(F)c3)cc2)nc1N1CCOCC1. The van der Waals surface area contributed by atoms with E-state index in [-0.39, 0.29) is 5.82 Å². The number of methoxy groups -OCH3 is 1. The van der Waals surface area contributed by atoms with Gasteiger partial charge in [-0.1, -0.05) is 6.07 Å². The van der Waals surface area contributed by atoms with Gasteiger partial charge in [-0.15, -0.1) is 0 Å². The molecule has 0 amide bonds. The molecule has 0 atom stereocenters. The summed E-state index contributed by atoms with van der Waals surface area (Å²) >= 11 is 5.31. The number of morpholine rings is 1. The third-order valence-electron chi connectivity index (χ3n) is 4.75. The number of anilines is 3. The molecule has 1 fully saturated rings. The standard InChI is InChI=1S/C22H22FN5O2S/c1-29-19-14-24-20(27-21(19)28-9-11-30-12-10-28)15-5-7-17(8-6-15)25-22(31)26-18-4-2-3-16(23)13-18/h2-8,13-14H,9-12H2,1H3,(H2,25,26,31). The van der Waals surface area contributed by atoms with E-state index in [1.807, 2.05) is 24.3 Å². The number of benzene rings is 2. The van der Waals surface area contributed by atoms with Gasteiger partial charge in [0, 0.05) is 30.0 Å². The predicted octanol–water partition coefficient (Wildman–Crippen LogP) is 3.94. The first-order valence-corrected chi connectivity index (χ1v) is 10.2. The summed E-state index contributed by atoms with van der Waals surface area (Å²) in [6.07, 6.45) is 1.69. The molecule has 1 aliphatic heterocycles. The van der Waals surface area contributed by atoms with E-state index in [0.29, 0.717) is 35.6 Å². The van der Waals surface area contributed by atoms with Crippen LogP contribution in [-0.2, 0) is 4.74 Å². The average Bonchev–Trinajstić information content (AvgIpc) is 2.80. The van der Waals surface area contributed by atoms with Crippen LogP contribution in [0.1, 0.15) is 0 Å². The molecule has 2 N–H and O–H groups in total. The van der Waals surface area contributed by atoms with Crippen LogP contribution in [0.3, 0.4) is 0 Å². The number of aromatic nitrogens is 2. The lowest BCUT2D eigenvalue weighted by Crippen LogP contribution is -2.37. The van der Waals surface area contributed by atoms with E-state index in [2.05, 4.69) is 20.5 Å². The van der Waals surface area contributed by atoms with Gasteiger partial charge in [-0.3, -0.25) is 0 Å². The monoisotopic (exact) mass is 439 g/mol. The van der Waals surface area contributed by atoms with Crippen LogP contribution in [0.5, 0.6) is 5.75 Å². The molecular weight excluding hydrogens is 417 g/mol. The minimum Gasteiger partial charge on any atom is -0.491 e. The van der Waals surface area contributed by atoms with E-state index >= 15 is 0 Å². The van der Waals surface area contributed by atoms with Crippen LogP contribution in [0.4, 0.5) is 21.6 Å². The van der Waals surface area contributed by atoms with Crippen molar-refractivity contribution in [3.8, 4) is 17.1 Å². The largest absolute Gasteiger partial charge is 0.491 e. The van der Waals surface area contributed by atoms with Crippen LogP contribution in [0.15, 0.2) is 54.7 Å². The number of nitrogens with zero attached hydrogens (tertiary/aromatic N) is 3. The zero-order valence-electron chi connectivity index (χ0n) is 17.0. The first kappa shape index (κ1) is 21.0. The van der Waals surface area contributed by atoms with Gasteiger partial charge < -0.3 is 25.0 Å². The molecule has 0 aliphatic carbocycles. The molecule has 2 heterocycles. The van der Waals surface area contributed by atoms with E-state index in [9.17, 15) is 4.39 Å². The van der Waals surface area contributed by atoms with Crippen LogP contribution in [0.25, 0.3) is 11.4 Å². The Hall–Kier alpha value is -3.30. The Morgan fingerprint density at radius 1 is 1.10 bits per heavy atom. The highest BCUT2D eigenvalue weighted by atomic mass is 32.1. The minimum absolute atomic E-state index is 0.326. The summed E-state index contributed by atoms with van der Waals surface area (Å²) in [4.78, 5) is 11.3. The number of hydrogen-bond acceptors (Lipinski definition) is 6. The van der Waals surface area contributed by atoms with Gasteiger partial charge in [0.2, 0.25) is 0 Å². The molecule has 0 spiro atoms. The molecule has 9 heteroatoms. The molecule has 0 radical (unpaired) electrons. The van der Waals surface area contributed by atoms with E-state index in [0.717, 1.165) is 30.2 Å². The van der Waals surface area contributed by atoms with Crippen LogP contribution in [-0.4, -0.2) is 48.5 Å². The highest BCUT2D eigenvalue weighted by molar-refractivity contribution is 7.80. The Morgan fingerprint density at radius 3 is 2.55 bits per heavy atom. The highest BCUT2D eigenvalue weighted by Crippen LogP contribution is 2.29. The molecule has 0 saturated carbocycles. The van der Waals surface area contributed by atoms with E-state index < -0.39 is 0 Å². The molecule has 3 aromatic rings. The van der Waals surface area contributed by atoms with Gasteiger partial charge in [0.1, 0.15) is 5.82 Å². The number of thiocarbonyl (C=S) groups is 1. The molecule has 0 unspecified atom stereocenters. The topological polar surface area (TPSA) is 71.5 Å². The Kier molecular flexibility index (Phi) is 6.54. The molecule has 31 heavy (non-hydrogen) atoms. The lowest BCUT2D eigenvalue weighted by atomic mass is 10.2. The van der Waals surface area contributed by atoms with Crippen LogP contribution < -0.4 is 20.3 Å². The normalized spacial score (nSPS) is 13.5. The van der Waals surface area contributed by atoms with Crippen LogP contribution in [0.2, 0.25) is 0 Å². The Bertz CT molecular complexity index is 1060. The first-order chi connectivity index (χ1) is 15.1. The summed E-state index contributed by atoms with van der Waals surface area (Å²) in [5, 5.41) is 6.41. The van der Waals surface area contributed by atoms with Crippen molar-refractivity contribution >= 4 is 34.5 Å². The molecule has 1 aromatic heterocycles. The van der Waals surface area contributed by atoms with Crippen molar-refractivity contribution in [3.05, 3.63) is 60.5 Å². The molecule has 2 aromatic carbocycles. The number of rotatable bonds is 5. The Balaban J connectivity index is 1.47. The van der Waals surface area contributed by atoms with Crippen molar-refractivity contribution in [2.24, 2.45) is 0 Å².